The summed E-state index contributed by atoms with van der Waals surface area (Å²) in [4.78, 5) is 21.2. The van der Waals surface area contributed by atoms with Crippen LogP contribution in [0.3, 0.4) is 0 Å². The second kappa shape index (κ2) is 16.7. The first-order valence-electron chi connectivity index (χ1n) is 20.7. The van der Waals surface area contributed by atoms with Crippen LogP contribution in [0.2, 0.25) is 0 Å². The van der Waals surface area contributed by atoms with Crippen molar-refractivity contribution in [2.75, 3.05) is 171 Å². The summed E-state index contributed by atoms with van der Waals surface area (Å²) >= 11 is 0. The molecule has 3 aromatic rings. The van der Waals surface area contributed by atoms with E-state index in [1.165, 1.54) is 100 Å². The van der Waals surface area contributed by atoms with E-state index in [0.717, 1.165) is 0 Å². The van der Waals surface area contributed by atoms with E-state index < -0.39 is 8.07 Å². The van der Waals surface area contributed by atoms with Crippen LogP contribution in [0.25, 0.3) is 0 Å². The van der Waals surface area contributed by atoms with E-state index in [4.69, 9.17) is 0 Å². The number of benzene rings is 3. The molecule has 4 rings (SSSR count). The topological polar surface area (TPSA) is 29.2 Å². The summed E-state index contributed by atoms with van der Waals surface area (Å²) in [5, 5.41) is 5.83. The molecule has 9 nitrogen and oxygen atoms in total. The minimum Gasteiger partial charge on any atom is -0.376 e. The predicted octanol–water partition coefficient (Wildman–Crippen LogP) is 6.52. The van der Waals surface area contributed by atoms with Crippen molar-refractivity contribution in [1.82, 2.24) is 0 Å². The summed E-state index contributed by atoms with van der Waals surface area (Å²) < 4.78 is 0. The summed E-state index contributed by atoms with van der Waals surface area (Å²) in [6.07, 6.45) is 0. The van der Waals surface area contributed by atoms with Crippen LogP contribution < -0.4 is 59.7 Å². The highest BCUT2D eigenvalue weighted by Gasteiger charge is 2.54. The fourth-order valence-electron chi connectivity index (χ4n) is 10.4. The molecule has 3 aromatic carbocycles. The highest BCUT2D eigenvalue weighted by molar-refractivity contribution is 7.18. The van der Waals surface area contributed by atoms with Crippen LogP contribution in [-0.2, 0) is 0 Å². The number of hydrogen-bond donors (Lipinski definition) is 0. The van der Waals surface area contributed by atoms with E-state index >= 15 is 0 Å². The number of anilines is 9. The molecular formula is C48H79N9Si. The average Bonchev–Trinajstić information content (AvgIpc) is 3.28. The molecule has 0 aliphatic heterocycles. The zero-order chi connectivity index (χ0) is 44.4. The second-order valence-corrected chi connectivity index (χ2v) is 22.4. The first-order chi connectivity index (χ1) is 26.7. The Morgan fingerprint density at radius 2 is 0.552 bits per heavy atom. The molecule has 1 aliphatic rings. The van der Waals surface area contributed by atoms with E-state index in [9.17, 15) is 0 Å². The zero-order valence-corrected chi connectivity index (χ0v) is 42.3. The van der Waals surface area contributed by atoms with E-state index in [1.54, 1.807) is 5.20 Å². The first kappa shape index (κ1) is 46.2. The summed E-state index contributed by atoms with van der Waals surface area (Å²) in [6, 6.07) is 7.81. The van der Waals surface area contributed by atoms with E-state index in [-0.39, 0.29) is 5.92 Å². The van der Waals surface area contributed by atoms with Crippen LogP contribution >= 0.6 is 0 Å². The van der Waals surface area contributed by atoms with Gasteiger partial charge in [-0.3, -0.25) is 0 Å². The van der Waals surface area contributed by atoms with Crippen molar-refractivity contribution in [2.24, 2.45) is 5.92 Å². The molecule has 58 heavy (non-hydrogen) atoms. The maximum absolute atomic E-state index is 3.44. The molecule has 0 N–H and O–H groups in total. The lowest BCUT2D eigenvalue weighted by Gasteiger charge is -2.47. The van der Waals surface area contributed by atoms with Crippen LogP contribution in [-0.4, -0.2) is 135 Å². The van der Waals surface area contributed by atoms with Crippen molar-refractivity contribution in [2.45, 2.75) is 48.5 Å². The first-order valence-corrected chi connectivity index (χ1v) is 22.7. The van der Waals surface area contributed by atoms with Crippen LogP contribution in [0.1, 0.15) is 44.4 Å². The van der Waals surface area contributed by atoms with Gasteiger partial charge >= 0.3 is 0 Å². The predicted molar refractivity (Wildman–Crippen MR) is 267 cm³/mol. The Morgan fingerprint density at radius 3 is 0.724 bits per heavy atom. The number of rotatable bonds is 13. The van der Waals surface area contributed by atoms with Crippen LogP contribution in [0.15, 0.2) is 40.1 Å². The minimum absolute atomic E-state index is 0.219. The molecule has 0 saturated heterocycles. The standard InChI is InChI=1S/C48H79N9Si/c1-29-26-36(42(52(14)15)45(55(20)21)39(29)49(8)9)58(48-34(6)32(4)33(5)35(48)7,37-27-30(2)40(50(10)11)46(56(22)23)43(37)53(16)17)38-28-31(3)41(51(12)13)47(57(24)25)44(38)54(18)19/h26-28,34H,1-25H3. The lowest BCUT2D eigenvalue weighted by Crippen LogP contribution is -2.72. The highest BCUT2D eigenvalue weighted by Crippen LogP contribution is 2.50. The van der Waals surface area contributed by atoms with Gasteiger partial charge in [-0.25, -0.2) is 0 Å². The summed E-state index contributed by atoms with van der Waals surface area (Å²) in [6.45, 7) is 16.6. The Morgan fingerprint density at radius 1 is 0.328 bits per heavy atom. The Labute approximate surface area is 355 Å². The van der Waals surface area contributed by atoms with Gasteiger partial charge in [0, 0.05) is 127 Å². The fourth-order valence-corrected chi connectivity index (χ4v) is 17.1. The van der Waals surface area contributed by atoms with Crippen molar-refractivity contribution in [1.29, 1.82) is 0 Å². The van der Waals surface area contributed by atoms with E-state index in [0.29, 0.717) is 0 Å². The molecule has 0 bridgehead atoms. The Balaban J connectivity index is 2.76. The largest absolute Gasteiger partial charge is 0.376 e. The Kier molecular flexibility index (Phi) is 13.3. The maximum atomic E-state index is 2.60. The second-order valence-electron chi connectivity index (χ2n) is 18.7. The third kappa shape index (κ3) is 7.17. The lowest BCUT2D eigenvalue weighted by atomic mass is 10.1. The molecule has 0 heterocycles. The van der Waals surface area contributed by atoms with Gasteiger partial charge in [0.2, 0.25) is 0 Å². The number of aryl methyl sites for hydroxylation is 3. The van der Waals surface area contributed by atoms with E-state index in [1.807, 2.05) is 0 Å². The van der Waals surface area contributed by atoms with Gasteiger partial charge in [-0.1, -0.05) is 41.5 Å². The van der Waals surface area contributed by atoms with E-state index in [2.05, 4.69) is 238 Å². The van der Waals surface area contributed by atoms with Crippen LogP contribution in [0.4, 0.5) is 51.2 Å². The van der Waals surface area contributed by atoms with Crippen molar-refractivity contribution < 1.29 is 0 Å². The summed E-state index contributed by atoms with van der Waals surface area (Å²) in [5.74, 6) is 0.219. The summed E-state index contributed by atoms with van der Waals surface area (Å²) in [5.41, 5.74) is 19.4. The molecule has 1 atom stereocenters. The molecular weight excluding hydrogens is 731 g/mol. The van der Waals surface area contributed by atoms with Gasteiger partial charge in [0.15, 0.2) is 8.07 Å². The monoisotopic (exact) mass is 810 g/mol. The normalized spacial score (nSPS) is 14.3. The van der Waals surface area contributed by atoms with Gasteiger partial charge in [0.05, 0.1) is 51.2 Å². The lowest BCUT2D eigenvalue weighted by molar-refractivity contribution is 0.851. The molecule has 1 aliphatic carbocycles. The molecule has 0 spiro atoms. The quantitative estimate of drug-likeness (QED) is 0.142. The molecule has 0 amide bonds. The zero-order valence-electron chi connectivity index (χ0n) is 41.3. The SMILES string of the molecule is CC1=C(C)C(C)C([Si](c2cc(C)c(N(C)C)c(N(C)C)c2N(C)C)(c2cc(C)c(N(C)C)c(N(C)C)c2N(C)C)c2cc(C)c(N(C)C)c(N(C)C)c2N(C)C)=C1C. The average molecular weight is 810 g/mol. The van der Waals surface area contributed by atoms with Crippen molar-refractivity contribution >= 4 is 74.8 Å². The minimum atomic E-state index is -3.44. The van der Waals surface area contributed by atoms with Gasteiger partial charge in [-0.2, -0.15) is 0 Å². The van der Waals surface area contributed by atoms with Crippen molar-refractivity contribution in [3.8, 4) is 0 Å². The van der Waals surface area contributed by atoms with Gasteiger partial charge in [-0.15, -0.1) is 0 Å². The van der Waals surface area contributed by atoms with Crippen LogP contribution in [0.5, 0.6) is 0 Å². The van der Waals surface area contributed by atoms with Crippen molar-refractivity contribution in [3.05, 3.63) is 56.8 Å². The maximum Gasteiger partial charge on any atom is 0.183 e. The number of nitrogens with zero attached hydrogens (tertiary/aromatic N) is 9. The Bertz CT molecular complexity index is 1920. The summed E-state index contributed by atoms with van der Waals surface area (Å²) in [7, 11) is 36.5. The molecule has 0 saturated carbocycles. The number of hydrogen-bond acceptors (Lipinski definition) is 9. The van der Waals surface area contributed by atoms with Crippen LogP contribution in [0, 0.1) is 26.7 Å². The smallest absolute Gasteiger partial charge is 0.183 e. The van der Waals surface area contributed by atoms with Gasteiger partial charge < -0.3 is 44.1 Å². The molecule has 320 valence electrons. The highest BCUT2D eigenvalue weighted by atomic mass is 28.3. The molecule has 0 radical (unpaired) electrons. The third-order valence-electron chi connectivity index (χ3n) is 12.6. The molecule has 0 fully saturated rings. The molecule has 1 unspecified atom stereocenters. The van der Waals surface area contributed by atoms with Crippen molar-refractivity contribution in [3.63, 3.8) is 0 Å². The fraction of sp³-hybridized carbons (Fsp3) is 0.542. The van der Waals surface area contributed by atoms with Gasteiger partial charge in [0.1, 0.15) is 0 Å². The molecule has 0 aromatic heterocycles. The third-order valence-corrected chi connectivity index (χ3v) is 17.8. The molecule has 10 heteroatoms. The van der Waals surface area contributed by atoms with Gasteiger partial charge in [-0.05, 0) is 85.3 Å². The van der Waals surface area contributed by atoms with Gasteiger partial charge in [0.25, 0.3) is 0 Å². The Hall–Kier alpha value is -4.44. The number of allylic oxidation sites excluding steroid dienone is 4.